The van der Waals surface area contributed by atoms with Gasteiger partial charge in [0.05, 0.1) is 16.7 Å². The number of hydrogen-bond acceptors (Lipinski definition) is 2. The molecule has 10 aromatic rings. The van der Waals surface area contributed by atoms with Gasteiger partial charge in [-0.25, -0.2) is 0 Å². The first-order valence-corrected chi connectivity index (χ1v) is 16.1. The molecule has 45 heavy (non-hydrogen) atoms. The van der Waals surface area contributed by atoms with Gasteiger partial charge in [0.2, 0.25) is 0 Å². The van der Waals surface area contributed by atoms with Crippen LogP contribution in [0.3, 0.4) is 0 Å². The van der Waals surface area contributed by atoms with Crippen molar-refractivity contribution in [2.75, 3.05) is 0 Å². The molecular weight excluding hydrogens is 567 g/mol. The van der Waals surface area contributed by atoms with Gasteiger partial charge < -0.3 is 8.98 Å². The molecule has 0 atom stereocenters. The van der Waals surface area contributed by atoms with E-state index in [-0.39, 0.29) is 0 Å². The van der Waals surface area contributed by atoms with E-state index in [2.05, 4.69) is 150 Å². The SMILES string of the molecule is c1ccc(-c2ccc3c(c2)c2cc(-c4ccccc4)ccc2n3-c2cccc3sc4ccc5c6ccccc6oc5c4c23)cc1. The predicted molar refractivity (Wildman–Crippen MR) is 192 cm³/mol. The highest BCUT2D eigenvalue weighted by Gasteiger charge is 2.21. The van der Waals surface area contributed by atoms with Crippen molar-refractivity contribution < 1.29 is 4.42 Å². The lowest BCUT2D eigenvalue weighted by Crippen LogP contribution is -1.94. The first-order valence-electron chi connectivity index (χ1n) is 15.3. The molecule has 0 unspecified atom stereocenters. The van der Waals surface area contributed by atoms with Crippen LogP contribution in [0.2, 0.25) is 0 Å². The van der Waals surface area contributed by atoms with E-state index in [1.165, 1.54) is 69.9 Å². The maximum absolute atomic E-state index is 6.61. The minimum Gasteiger partial charge on any atom is -0.455 e. The summed E-state index contributed by atoms with van der Waals surface area (Å²) in [5, 5.41) is 7.24. The Bertz CT molecular complexity index is 2650. The Hall–Kier alpha value is -5.64. The van der Waals surface area contributed by atoms with Crippen molar-refractivity contribution in [2.45, 2.75) is 0 Å². The van der Waals surface area contributed by atoms with Crippen molar-refractivity contribution in [3.8, 4) is 27.9 Å². The smallest absolute Gasteiger partial charge is 0.144 e. The van der Waals surface area contributed by atoms with Crippen molar-refractivity contribution >= 4 is 75.3 Å². The molecule has 3 aromatic heterocycles. The fourth-order valence-corrected chi connectivity index (χ4v) is 8.28. The number of aromatic nitrogens is 1. The molecule has 0 radical (unpaired) electrons. The number of rotatable bonds is 3. The Morgan fingerprint density at radius 1 is 0.422 bits per heavy atom. The molecule has 0 aliphatic carbocycles. The Kier molecular flexibility index (Phi) is 5.19. The summed E-state index contributed by atoms with van der Waals surface area (Å²) < 4.78 is 11.6. The van der Waals surface area contributed by atoms with Gasteiger partial charge in [-0.15, -0.1) is 11.3 Å². The summed E-state index contributed by atoms with van der Waals surface area (Å²) in [4.78, 5) is 0. The van der Waals surface area contributed by atoms with Crippen LogP contribution < -0.4 is 0 Å². The highest BCUT2D eigenvalue weighted by atomic mass is 32.1. The summed E-state index contributed by atoms with van der Waals surface area (Å²) >= 11 is 1.83. The molecule has 210 valence electrons. The average molecular weight is 592 g/mol. The van der Waals surface area contributed by atoms with E-state index in [0.29, 0.717) is 0 Å². The molecule has 3 heteroatoms. The zero-order chi connectivity index (χ0) is 29.5. The highest BCUT2D eigenvalue weighted by Crippen LogP contribution is 2.46. The van der Waals surface area contributed by atoms with Gasteiger partial charge in [-0.3, -0.25) is 0 Å². The van der Waals surface area contributed by atoms with Gasteiger partial charge in [-0.1, -0.05) is 97.1 Å². The largest absolute Gasteiger partial charge is 0.455 e. The molecule has 0 aliphatic heterocycles. The normalized spacial score (nSPS) is 12.0. The number of fused-ring (bicyclic) bond motifs is 10. The number of nitrogens with zero attached hydrogens (tertiary/aromatic N) is 1. The van der Waals surface area contributed by atoms with Gasteiger partial charge in [-0.2, -0.15) is 0 Å². The minimum absolute atomic E-state index is 0.926. The van der Waals surface area contributed by atoms with Crippen LogP contribution in [0.15, 0.2) is 156 Å². The van der Waals surface area contributed by atoms with Gasteiger partial charge in [0.25, 0.3) is 0 Å². The van der Waals surface area contributed by atoms with Gasteiger partial charge in [0.15, 0.2) is 0 Å². The van der Waals surface area contributed by atoms with Gasteiger partial charge >= 0.3 is 0 Å². The van der Waals surface area contributed by atoms with E-state index in [1.54, 1.807) is 0 Å². The maximum atomic E-state index is 6.61. The molecule has 0 spiro atoms. The summed E-state index contributed by atoms with van der Waals surface area (Å²) in [6.07, 6.45) is 0. The topological polar surface area (TPSA) is 18.1 Å². The van der Waals surface area contributed by atoms with Crippen molar-refractivity contribution in [2.24, 2.45) is 0 Å². The molecule has 0 fully saturated rings. The van der Waals surface area contributed by atoms with E-state index >= 15 is 0 Å². The van der Waals surface area contributed by atoms with Crippen LogP contribution in [0.1, 0.15) is 0 Å². The quantitative estimate of drug-likeness (QED) is 0.200. The van der Waals surface area contributed by atoms with Gasteiger partial charge in [0.1, 0.15) is 11.2 Å². The molecule has 10 rings (SSSR count). The van der Waals surface area contributed by atoms with Crippen LogP contribution >= 0.6 is 11.3 Å². The fraction of sp³-hybridized carbons (Fsp3) is 0. The third-order valence-electron chi connectivity index (χ3n) is 9.20. The van der Waals surface area contributed by atoms with Crippen LogP contribution in [-0.4, -0.2) is 4.57 Å². The summed E-state index contributed by atoms with van der Waals surface area (Å²) in [7, 11) is 0. The van der Waals surface area contributed by atoms with Crippen LogP contribution in [0, 0.1) is 0 Å². The van der Waals surface area contributed by atoms with E-state index in [4.69, 9.17) is 4.42 Å². The molecule has 0 N–H and O–H groups in total. The van der Waals surface area contributed by atoms with E-state index in [1.807, 2.05) is 17.4 Å². The van der Waals surface area contributed by atoms with Crippen LogP contribution in [0.5, 0.6) is 0 Å². The van der Waals surface area contributed by atoms with Gasteiger partial charge in [0, 0.05) is 41.7 Å². The number of hydrogen-bond donors (Lipinski definition) is 0. The molecule has 0 saturated heterocycles. The Labute approximate surface area is 263 Å². The third kappa shape index (κ3) is 3.62. The molecule has 0 amide bonds. The second kappa shape index (κ2) is 9.43. The second-order valence-corrected chi connectivity index (χ2v) is 12.8. The number of benzene rings is 7. The molecule has 7 aromatic carbocycles. The molecule has 0 aliphatic rings. The predicted octanol–water partition coefficient (Wildman–Crippen LogP) is 12.4. The number of thiophene rings is 1. The molecular formula is C42H25NOS. The first kappa shape index (κ1) is 24.8. The molecule has 2 nitrogen and oxygen atoms in total. The van der Waals surface area contributed by atoms with Crippen LogP contribution in [-0.2, 0) is 0 Å². The summed E-state index contributed by atoms with van der Waals surface area (Å²) in [6, 6.07) is 54.7. The lowest BCUT2D eigenvalue weighted by atomic mass is 10.0. The third-order valence-corrected chi connectivity index (χ3v) is 10.3. The van der Waals surface area contributed by atoms with E-state index in [9.17, 15) is 0 Å². The van der Waals surface area contributed by atoms with Gasteiger partial charge in [-0.05, 0) is 76.9 Å². The molecule has 3 heterocycles. The lowest BCUT2D eigenvalue weighted by Gasteiger charge is -2.11. The summed E-state index contributed by atoms with van der Waals surface area (Å²) in [5.41, 5.74) is 10.3. The van der Waals surface area contributed by atoms with Crippen molar-refractivity contribution in [1.29, 1.82) is 0 Å². The van der Waals surface area contributed by atoms with Crippen molar-refractivity contribution in [1.82, 2.24) is 4.57 Å². The first-order chi connectivity index (χ1) is 22.3. The van der Waals surface area contributed by atoms with Crippen molar-refractivity contribution in [3.05, 3.63) is 152 Å². The highest BCUT2D eigenvalue weighted by molar-refractivity contribution is 7.26. The Morgan fingerprint density at radius 2 is 1.04 bits per heavy atom. The number of para-hydroxylation sites is 1. The number of furan rings is 1. The molecule has 0 saturated carbocycles. The lowest BCUT2D eigenvalue weighted by molar-refractivity contribution is 0.673. The Morgan fingerprint density at radius 3 is 1.73 bits per heavy atom. The maximum Gasteiger partial charge on any atom is 0.144 e. The molecule has 0 bridgehead atoms. The zero-order valence-electron chi connectivity index (χ0n) is 24.2. The van der Waals surface area contributed by atoms with Crippen molar-refractivity contribution in [3.63, 3.8) is 0 Å². The van der Waals surface area contributed by atoms with Crippen LogP contribution in [0.4, 0.5) is 0 Å². The fourth-order valence-electron chi connectivity index (χ4n) is 7.16. The minimum atomic E-state index is 0.926. The second-order valence-electron chi connectivity index (χ2n) is 11.7. The summed E-state index contributed by atoms with van der Waals surface area (Å²) in [5.74, 6) is 0. The van der Waals surface area contributed by atoms with Crippen LogP contribution in [0.25, 0.3) is 91.9 Å². The zero-order valence-corrected chi connectivity index (χ0v) is 25.0. The standard InChI is InChI=1S/C42H25NOS/c1-3-10-26(11-4-1)28-18-21-34-32(24-28)33-25-29(27-12-5-2-6-13-27)19-22-35(33)43(34)36-15-9-17-38-40(36)41-39(45-38)23-20-31-30-14-7-8-16-37(30)44-42(31)41/h1-25H. The van der Waals surface area contributed by atoms with E-state index in [0.717, 1.165) is 21.9 Å². The van der Waals surface area contributed by atoms with E-state index < -0.39 is 0 Å². The monoisotopic (exact) mass is 591 g/mol. The summed E-state index contributed by atoms with van der Waals surface area (Å²) in [6.45, 7) is 0. The average Bonchev–Trinajstić information content (AvgIpc) is 3.78. The Balaban J connectivity index is 1.33.